The highest BCUT2D eigenvalue weighted by Crippen LogP contribution is 2.71. The van der Waals surface area contributed by atoms with Crippen LogP contribution < -0.4 is 0 Å². The molecule has 4 aromatic heterocycles. The van der Waals surface area contributed by atoms with Crippen LogP contribution in [0.4, 0.5) is 4.39 Å². The fourth-order valence-corrected chi connectivity index (χ4v) is 34.1. The molecule has 18 heteroatoms. The summed E-state index contributed by atoms with van der Waals surface area (Å²) in [4.78, 5) is 7.15. The van der Waals surface area contributed by atoms with Crippen LogP contribution in [0.1, 0.15) is 279 Å². The first kappa shape index (κ1) is 84.6. The van der Waals surface area contributed by atoms with Crippen molar-refractivity contribution in [1.29, 1.82) is 0 Å². The predicted octanol–water partition coefficient (Wildman–Crippen LogP) is 19.4. The number of methoxy groups -OCH3 is 1. The monoisotopic (exact) mass is 1630 g/mol. The van der Waals surface area contributed by atoms with Gasteiger partial charge >= 0.3 is 0 Å². The number of fused-ring (bicyclic) bond motifs is 20. The highest BCUT2D eigenvalue weighted by atomic mass is 19.1. The van der Waals surface area contributed by atoms with Gasteiger partial charge in [0.15, 0.2) is 0 Å². The van der Waals surface area contributed by atoms with Crippen LogP contribution in [0.3, 0.4) is 0 Å². The lowest BCUT2D eigenvalue weighted by Crippen LogP contribution is -2.52. The zero-order chi connectivity index (χ0) is 82.6. The van der Waals surface area contributed by atoms with Gasteiger partial charge in [-0.1, -0.05) is 88.1 Å². The summed E-state index contributed by atoms with van der Waals surface area (Å²) in [5.41, 5.74) is 4.12. The van der Waals surface area contributed by atoms with E-state index in [-0.39, 0.29) is 0 Å². The maximum atomic E-state index is 13.4. The molecule has 4 N–H and O–H groups in total. The third-order valence-electron chi connectivity index (χ3n) is 39.4. The van der Waals surface area contributed by atoms with Crippen molar-refractivity contribution in [1.82, 2.24) is 60.0 Å². The van der Waals surface area contributed by atoms with Gasteiger partial charge in [-0.15, -0.1) is 0 Å². The summed E-state index contributed by atoms with van der Waals surface area (Å²) < 4.78 is 18.7. The standard InChI is InChI=1S/C28H39N3O.C25H39N3O2.C24H36FN3O.C24H37N3O/c1-19(18-31-29-15-16-30-31)25-7-8-26-24-6-5-21-17-28(32,13-9-20-3-4-20)14-11-22(21)23(24)10-12-27(25,26)2;1-17(15-28-26-12-13-27-28)22-6-7-23-21-5-4-18-14-25(29,16-30-3)11-9-19(18)20(21)8-10-24(22,23)2;1-16(14-28-26-11-12-27-28)21-5-6-22-20-4-3-17-13-24(29,15-25)10-8-18(17)19(20)7-9-23(21,22)2;1-16(15-27-25-12-13-26-27)21-6-7-22-20-5-4-17-14-23(2,28)10-8-18(17)19(20)9-11-24(21,22)3/h15-16,20-26,32H,1,3-8,10-12,14,17-18H2,2H3;12-13,18-23,29H,1,4-11,14-16H2,2-3H3;11-12,17-22,29H,1,3-10,13-15H2,2H3;12-13,17-22,28H,1,4-11,14-15H2,2-3H3/t21-,22-,23+,24+,25+,26-,27+,28-;18-,19-,20+,21+,22+,23-,24+,25-;17-,18-,19+,20+,21+,22-,23+,24-;17-,18-,19+,20+,21+,22-,23-,24+/m0000/s1. The van der Waals surface area contributed by atoms with E-state index in [1.165, 1.54) is 208 Å². The van der Waals surface area contributed by atoms with E-state index in [0.717, 1.165) is 166 Å². The van der Waals surface area contributed by atoms with E-state index in [1.807, 2.05) is 0 Å². The van der Waals surface area contributed by atoms with Crippen LogP contribution in [0.25, 0.3) is 0 Å². The van der Waals surface area contributed by atoms with Crippen LogP contribution in [0.5, 0.6) is 0 Å². The molecule has 652 valence electrons. The number of aliphatic hydroxyl groups is 4. The summed E-state index contributed by atoms with van der Waals surface area (Å²) >= 11 is 0. The zero-order valence-electron chi connectivity index (χ0n) is 73.9. The van der Waals surface area contributed by atoms with Crippen molar-refractivity contribution in [2.45, 2.75) is 327 Å². The van der Waals surface area contributed by atoms with Crippen LogP contribution in [0.2, 0.25) is 0 Å². The summed E-state index contributed by atoms with van der Waals surface area (Å²) in [6, 6.07) is 0. The number of ether oxygens (including phenoxy) is 1. The lowest BCUT2D eigenvalue weighted by molar-refractivity contribution is -0.123. The fraction of sp³-hybridized carbons (Fsp3) is 0.822. The second-order valence-corrected chi connectivity index (χ2v) is 45.4. The van der Waals surface area contributed by atoms with Crippen LogP contribution in [0.15, 0.2) is 98.2 Å². The van der Waals surface area contributed by atoms with Gasteiger partial charge in [-0.25, -0.2) is 4.39 Å². The SMILES string of the molecule is C=C(Cn1nccn1)[C@H]1CC[C@H]2[C@@H]3CC[C@H]4C[C@@](C)(O)CC[C@@H]4[C@H]3CC[C@]12C.C=C(Cn1nccn1)[C@H]1CC[C@H]2[C@@H]3CC[C@H]4C[C@](O)(C#CC5CC5)CC[C@@H]4[C@H]3CC[C@]12C.C=C(Cn1nccn1)[C@H]1CC[C@H]2[C@@H]3CC[C@H]4C[C@](O)(CF)CC[C@@H]4[C@H]3CC[C@]12C.C=C(Cn1nccn1)[C@H]1CC[C@H]2[C@@H]3CC[C@H]4C[C@](O)(COC)CC[C@@H]4[C@H]3CC[C@]12C. The molecule has 0 radical (unpaired) electrons. The maximum absolute atomic E-state index is 13.4. The maximum Gasteiger partial charge on any atom is 0.125 e. The first-order valence-electron chi connectivity index (χ1n) is 48.7. The molecule has 0 bridgehead atoms. The molecule has 17 saturated carbocycles. The number of hydrogen-bond acceptors (Lipinski definition) is 13. The van der Waals surface area contributed by atoms with E-state index in [0.29, 0.717) is 94.4 Å². The van der Waals surface area contributed by atoms with Gasteiger partial charge in [0.2, 0.25) is 0 Å². The number of nitrogens with zero attached hydrogens (tertiary/aromatic N) is 12. The summed E-state index contributed by atoms with van der Waals surface area (Å²) in [5.74, 6) is 25.8. The average Bonchev–Trinajstić information content (AvgIpc) is 1.63. The molecule has 17 nitrogen and oxygen atoms in total. The fourth-order valence-electron chi connectivity index (χ4n) is 34.1. The molecule has 21 rings (SSSR count). The Morgan fingerprint density at radius 1 is 0.345 bits per heavy atom. The molecule has 0 unspecified atom stereocenters. The number of aromatic nitrogens is 12. The summed E-state index contributed by atoms with van der Waals surface area (Å²) in [5, 5.41) is 77.6. The van der Waals surface area contributed by atoms with Gasteiger partial charge < -0.3 is 25.2 Å². The van der Waals surface area contributed by atoms with E-state index < -0.39 is 29.1 Å². The first-order chi connectivity index (χ1) is 57.2. The van der Waals surface area contributed by atoms with Gasteiger partial charge in [0, 0.05) is 13.0 Å². The number of alkyl halides is 1. The van der Waals surface area contributed by atoms with E-state index >= 15 is 0 Å². The highest BCUT2D eigenvalue weighted by molar-refractivity contribution is 5.24. The molecule has 17 aliphatic carbocycles. The molecule has 0 amide bonds. The average molecular weight is 1630 g/mol. The van der Waals surface area contributed by atoms with Gasteiger partial charge in [0.05, 0.1) is 99.2 Å². The number of hydrogen-bond donors (Lipinski definition) is 4. The summed E-state index contributed by atoms with van der Waals surface area (Å²) in [6.07, 6.45) is 60.1. The molecule has 0 spiro atoms. The van der Waals surface area contributed by atoms with Crippen molar-refractivity contribution in [3.05, 3.63) is 98.2 Å². The minimum atomic E-state index is -1.03. The van der Waals surface area contributed by atoms with Crippen molar-refractivity contribution >= 4 is 0 Å². The third kappa shape index (κ3) is 16.4. The minimum absolute atomic E-state index is 0.354. The Bertz CT molecular complexity index is 4230. The van der Waals surface area contributed by atoms with Crippen molar-refractivity contribution in [2.75, 3.05) is 20.4 Å². The van der Waals surface area contributed by atoms with E-state index in [4.69, 9.17) is 4.74 Å². The smallest absolute Gasteiger partial charge is 0.125 e. The molecule has 4 heterocycles. The Morgan fingerprint density at radius 3 is 0.966 bits per heavy atom. The predicted molar refractivity (Wildman–Crippen MR) is 463 cm³/mol. The van der Waals surface area contributed by atoms with Crippen molar-refractivity contribution < 1.29 is 29.6 Å². The topological polar surface area (TPSA) is 213 Å². The molecule has 0 aromatic carbocycles. The second kappa shape index (κ2) is 33.6. The zero-order valence-corrected chi connectivity index (χ0v) is 73.9. The lowest BCUT2D eigenvalue weighted by Gasteiger charge is -2.57. The van der Waals surface area contributed by atoms with Crippen molar-refractivity contribution in [2.24, 2.45) is 170 Å². The summed E-state index contributed by atoms with van der Waals surface area (Å²) in [6.45, 7) is 33.3. The van der Waals surface area contributed by atoms with Gasteiger partial charge in [0.25, 0.3) is 0 Å². The van der Waals surface area contributed by atoms with Crippen LogP contribution in [0, 0.1) is 181 Å². The Hall–Kier alpha value is -5.19. The molecule has 0 aliphatic heterocycles. The largest absolute Gasteiger partial charge is 0.390 e. The molecular formula is C101H151FN12O5. The Balaban J connectivity index is 0.000000109. The quantitative estimate of drug-likeness (QED) is 0.0645. The molecule has 119 heavy (non-hydrogen) atoms. The van der Waals surface area contributed by atoms with Crippen LogP contribution in [-0.4, -0.2) is 123 Å². The van der Waals surface area contributed by atoms with Crippen molar-refractivity contribution in [3.63, 3.8) is 0 Å². The van der Waals surface area contributed by atoms with Gasteiger partial charge in [-0.05, 0) is 415 Å². The lowest BCUT2D eigenvalue weighted by atomic mass is 9.48. The molecule has 32 atom stereocenters. The number of halogens is 1. The van der Waals surface area contributed by atoms with E-state index in [9.17, 15) is 24.8 Å². The minimum Gasteiger partial charge on any atom is -0.390 e. The molecule has 4 aromatic rings. The molecular weight excluding hydrogens is 1480 g/mol. The molecule has 0 saturated heterocycles. The highest BCUT2D eigenvalue weighted by Gasteiger charge is 2.64. The van der Waals surface area contributed by atoms with Crippen LogP contribution >= 0.6 is 0 Å². The van der Waals surface area contributed by atoms with Gasteiger partial charge in [-0.3, -0.25) is 0 Å². The Kier molecular flexibility index (Phi) is 23.9. The second-order valence-electron chi connectivity index (χ2n) is 45.4. The third-order valence-corrected chi connectivity index (χ3v) is 39.4. The molecule has 17 fully saturated rings. The number of allylic oxidation sites excluding steroid dienone is 4. The van der Waals surface area contributed by atoms with E-state index in [2.05, 4.69) is 114 Å². The Labute approximate surface area is 712 Å². The first-order valence-corrected chi connectivity index (χ1v) is 48.7. The summed E-state index contributed by atoms with van der Waals surface area (Å²) in [7, 11) is 1.72. The van der Waals surface area contributed by atoms with E-state index in [1.54, 1.807) is 75.9 Å². The van der Waals surface area contributed by atoms with Gasteiger partial charge in [0.1, 0.15) is 12.3 Å². The van der Waals surface area contributed by atoms with Crippen molar-refractivity contribution in [3.8, 4) is 11.8 Å². The van der Waals surface area contributed by atoms with Crippen LogP contribution in [-0.2, 0) is 30.9 Å². The molecule has 17 aliphatic rings. The van der Waals surface area contributed by atoms with Gasteiger partial charge in [-0.2, -0.15) is 60.0 Å². The Morgan fingerprint density at radius 2 is 0.639 bits per heavy atom. The normalized spacial score (nSPS) is 46.2. The number of rotatable bonds is 15.